The van der Waals surface area contributed by atoms with E-state index in [9.17, 15) is 5.11 Å². The number of aliphatic hydroxyl groups is 2. The third-order valence-corrected chi connectivity index (χ3v) is 5.47. The van der Waals surface area contributed by atoms with E-state index in [1.807, 2.05) is 48.5 Å². The molecule has 0 aromatic carbocycles. The summed E-state index contributed by atoms with van der Waals surface area (Å²) in [4.78, 5) is 13.2. The van der Waals surface area contributed by atoms with Gasteiger partial charge in [0.25, 0.3) is 0 Å². The van der Waals surface area contributed by atoms with Gasteiger partial charge in [-0.15, -0.1) is 0 Å². The zero-order valence-corrected chi connectivity index (χ0v) is 24.9. The maximum Gasteiger partial charge on any atom is 0.219 e. The monoisotopic (exact) mass is 537 g/mol. The van der Waals surface area contributed by atoms with Gasteiger partial charge in [-0.2, -0.15) is 0 Å². The summed E-state index contributed by atoms with van der Waals surface area (Å²) >= 11 is 0. The minimum atomic E-state index is -0.745. The Morgan fingerprint density at radius 1 is 1.13 bits per heavy atom. The number of hydrogen-bond acceptors (Lipinski definition) is 8. The van der Waals surface area contributed by atoms with Gasteiger partial charge in [0.15, 0.2) is 11.7 Å². The fraction of sp³-hybridized carbons (Fsp3) is 0.750. The van der Waals surface area contributed by atoms with Gasteiger partial charge in [0, 0.05) is 64.2 Å². The van der Waals surface area contributed by atoms with E-state index in [0.717, 1.165) is 6.42 Å². The Kier molecular flexibility index (Phi) is 18.5. The number of allylic oxidation sites excluding steroid dienone is 1. The summed E-state index contributed by atoms with van der Waals surface area (Å²) in [6, 6.07) is -0.0941. The lowest BCUT2D eigenvalue weighted by Crippen LogP contribution is -2.60. The first-order chi connectivity index (χ1) is 17.9. The number of rotatable bonds is 16. The van der Waals surface area contributed by atoms with Crippen molar-refractivity contribution in [3.63, 3.8) is 0 Å². The number of hydrogen-bond donors (Lipinski definition) is 4. The van der Waals surface area contributed by atoms with Gasteiger partial charge in [-0.25, -0.2) is 9.98 Å². The molecule has 0 bridgehead atoms. The first kappa shape index (κ1) is 35.7. The Bertz CT molecular complexity index is 821. The van der Waals surface area contributed by atoms with Crippen molar-refractivity contribution in [2.75, 3.05) is 34.0 Å². The predicted molar refractivity (Wildman–Crippen MR) is 155 cm³/mol. The van der Waals surface area contributed by atoms with Crippen LogP contribution in [0.15, 0.2) is 27.3 Å². The first-order valence-corrected chi connectivity index (χ1v) is 13.2. The molecule has 0 aromatic heterocycles. The van der Waals surface area contributed by atoms with Crippen molar-refractivity contribution in [1.82, 2.24) is 10.6 Å². The molecule has 0 heterocycles. The quantitative estimate of drug-likeness (QED) is 0.0782. The van der Waals surface area contributed by atoms with E-state index < -0.39 is 11.4 Å². The standard InChI is InChI=1S/C28H51N5O5/c1-10-25(36-8)29-16-13-11-12-14-17-30-26(31-18-15-19-34)33-27(4,5)32-24(20-22(2)21-35)23(3)38-28(6,7)37-9/h13,16-17,22-24,32,34-35H,10,14-15,18-21H2,1-9H3,(H,31,33)/b16-13+,29-25?,30-17?. The minimum Gasteiger partial charge on any atom is -0.484 e. The average Bonchev–Trinajstić information content (AvgIpc) is 2.86. The molecule has 0 saturated carbocycles. The second-order valence-corrected chi connectivity index (χ2v) is 9.97. The van der Waals surface area contributed by atoms with Crippen LogP contribution >= 0.6 is 0 Å². The second kappa shape index (κ2) is 19.7. The van der Waals surface area contributed by atoms with Gasteiger partial charge in [0.05, 0.1) is 18.9 Å². The van der Waals surface area contributed by atoms with Crippen LogP contribution in [0.1, 0.15) is 74.1 Å². The van der Waals surface area contributed by atoms with E-state index in [-0.39, 0.29) is 31.3 Å². The fourth-order valence-corrected chi connectivity index (χ4v) is 3.34. The number of guanidine groups is 1. The van der Waals surface area contributed by atoms with Gasteiger partial charge in [0.2, 0.25) is 5.96 Å². The maximum absolute atomic E-state index is 9.65. The van der Waals surface area contributed by atoms with Crippen molar-refractivity contribution in [3.05, 3.63) is 12.3 Å². The molecule has 0 radical (unpaired) electrons. The van der Waals surface area contributed by atoms with Crippen molar-refractivity contribution in [2.24, 2.45) is 20.9 Å². The van der Waals surface area contributed by atoms with Crippen LogP contribution in [0.2, 0.25) is 0 Å². The molecular formula is C28H51N5O5. The van der Waals surface area contributed by atoms with Crippen molar-refractivity contribution in [1.29, 1.82) is 0 Å². The maximum atomic E-state index is 9.65. The van der Waals surface area contributed by atoms with E-state index in [1.165, 1.54) is 0 Å². The molecule has 0 aliphatic rings. The molecule has 0 aliphatic carbocycles. The molecule has 38 heavy (non-hydrogen) atoms. The summed E-state index contributed by atoms with van der Waals surface area (Å²) in [7, 11) is 3.21. The van der Waals surface area contributed by atoms with Gasteiger partial charge in [-0.05, 0) is 53.4 Å². The molecule has 3 unspecified atom stereocenters. The van der Waals surface area contributed by atoms with Crippen molar-refractivity contribution >= 4 is 18.1 Å². The molecule has 0 saturated heterocycles. The Morgan fingerprint density at radius 2 is 1.84 bits per heavy atom. The van der Waals surface area contributed by atoms with Crippen LogP contribution in [0.5, 0.6) is 0 Å². The molecule has 0 spiro atoms. The number of nitrogens with one attached hydrogen (secondary N) is 2. The van der Waals surface area contributed by atoms with E-state index in [2.05, 4.69) is 37.5 Å². The second-order valence-electron chi connectivity index (χ2n) is 9.97. The molecule has 0 fully saturated rings. The summed E-state index contributed by atoms with van der Waals surface area (Å²) in [5, 5.41) is 25.8. The third-order valence-electron chi connectivity index (χ3n) is 5.47. The van der Waals surface area contributed by atoms with Crippen LogP contribution in [0.25, 0.3) is 0 Å². The Balaban J connectivity index is 5.47. The van der Waals surface area contributed by atoms with E-state index in [1.54, 1.807) is 32.7 Å². The number of ether oxygens (including phenoxy) is 3. The van der Waals surface area contributed by atoms with Crippen LogP contribution in [0.3, 0.4) is 0 Å². The highest BCUT2D eigenvalue weighted by atomic mass is 16.7. The number of aliphatic hydroxyl groups excluding tert-OH is 2. The smallest absolute Gasteiger partial charge is 0.219 e. The van der Waals surface area contributed by atoms with Gasteiger partial charge < -0.3 is 29.7 Å². The van der Waals surface area contributed by atoms with E-state index >= 15 is 0 Å². The van der Waals surface area contributed by atoms with E-state index in [0.29, 0.717) is 37.7 Å². The number of aliphatic imine (C=N–C) groups is 3. The van der Waals surface area contributed by atoms with Crippen molar-refractivity contribution < 1.29 is 24.4 Å². The SMILES string of the molecule is CCC(=N/C=C/C#CCC=NC(=NCCCO)NC(C)(C)NC(CC(C)CO)C(C)OC(C)(C)OC)OC. The molecule has 218 valence electrons. The van der Waals surface area contributed by atoms with Gasteiger partial charge in [0.1, 0.15) is 0 Å². The van der Waals surface area contributed by atoms with E-state index in [4.69, 9.17) is 19.3 Å². The fourth-order valence-electron chi connectivity index (χ4n) is 3.34. The zero-order valence-electron chi connectivity index (χ0n) is 24.9. The average molecular weight is 538 g/mol. The molecule has 0 aliphatic heterocycles. The molecule has 10 nitrogen and oxygen atoms in total. The minimum absolute atomic E-state index is 0.0521. The third kappa shape index (κ3) is 17.3. The number of nitrogens with zero attached hydrogens (tertiary/aromatic N) is 3. The summed E-state index contributed by atoms with van der Waals surface area (Å²) in [6.07, 6.45) is 7.13. The van der Waals surface area contributed by atoms with Crippen LogP contribution < -0.4 is 10.6 Å². The summed E-state index contributed by atoms with van der Waals surface area (Å²) in [6.45, 7) is 14.2. The van der Waals surface area contributed by atoms with Gasteiger partial charge in [-0.1, -0.05) is 25.7 Å². The molecule has 3 atom stereocenters. The van der Waals surface area contributed by atoms with Crippen molar-refractivity contribution in [2.45, 2.75) is 97.7 Å². The molecule has 0 aromatic rings. The Hall–Kier alpha value is -2.29. The normalized spacial score (nSPS) is 15.9. The van der Waals surface area contributed by atoms with Crippen LogP contribution in [0.4, 0.5) is 0 Å². The predicted octanol–water partition coefficient (Wildman–Crippen LogP) is 3.25. The lowest BCUT2D eigenvalue weighted by molar-refractivity contribution is -0.226. The van der Waals surface area contributed by atoms with Crippen molar-refractivity contribution in [3.8, 4) is 11.8 Å². The lowest BCUT2D eigenvalue weighted by Gasteiger charge is -2.39. The van der Waals surface area contributed by atoms with Crippen LogP contribution in [-0.2, 0) is 14.2 Å². The highest BCUT2D eigenvalue weighted by molar-refractivity contribution is 5.88. The molecule has 0 rings (SSSR count). The highest BCUT2D eigenvalue weighted by Crippen LogP contribution is 2.20. The zero-order chi connectivity index (χ0) is 29.0. The topological polar surface area (TPSA) is 129 Å². The highest BCUT2D eigenvalue weighted by Gasteiger charge is 2.31. The van der Waals surface area contributed by atoms with Crippen LogP contribution in [0, 0.1) is 17.8 Å². The van der Waals surface area contributed by atoms with Gasteiger partial charge >= 0.3 is 0 Å². The first-order valence-electron chi connectivity index (χ1n) is 13.2. The van der Waals surface area contributed by atoms with Crippen LogP contribution in [-0.4, -0.2) is 85.9 Å². The Labute approximate surface area is 230 Å². The molecular weight excluding hydrogens is 486 g/mol. The summed E-state index contributed by atoms with van der Waals surface area (Å²) in [5.74, 6) is 6.33. The molecule has 0 amide bonds. The largest absolute Gasteiger partial charge is 0.484 e. The lowest BCUT2D eigenvalue weighted by atomic mass is 9.97. The van der Waals surface area contributed by atoms with Gasteiger partial charge in [-0.3, -0.25) is 10.3 Å². The molecule has 4 N–H and O–H groups in total. The Morgan fingerprint density at radius 3 is 2.42 bits per heavy atom. The molecule has 10 heteroatoms. The number of methoxy groups -OCH3 is 2. The summed E-state index contributed by atoms with van der Waals surface area (Å²) in [5.41, 5.74) is -0.616. The summed E-state index contributed by atoms with van der Waals surface area (Å²) < 4.78 is 16.7.